The largest absolute Gasteiger partial charge is 0.348 e. The van der Waals surface area contributed by atoms with Gasteiger partial charge in [0.1, 0.15) is 0 Å². The average molecular weight is 374 g/mol. The van der Waals surface area contributed by atoms with Crippen molar-refractivity contribution in [1.29, 1.82) is 0 Å². The van der Waals surface area contributed by atoms with Crippen LogP contribution in [0, 0.1) is 0 Å². The Labute approximate surface area is 154 Å². The quantitative estimate of drug-likeness (QED) is 0.709. The van der Waals surface area contributed by atoms with Gasteiger partial charge in [-0.3, -0.25) is 9.78 Å². The number of benzene rings is 1. The fraction of sp³-hybridized carbons (Fsp3) is 0.0588. The molecule has 0 saturated heterocycles. The molecular weight excluding hydrogens is 361 g/mol. The van der Waals surface area contributed by atoms with Gasteiger partial charge in [0.2, 0.25) is 5.95 Å². The van der Waals surface area contributed by atoms with Gasteiger partial charge in [0, 0.05) is 47.1 Å². The van der Waals surface area contributed by atoms with Gasteiger partial charge in [-0.25, -0.2) is 9.97 Å². The van der Waals surface area contributed by atoms with Crippen LogP contribution in [0.2, 0.25) is 10.0 Å². The summed E-state index contributed by atoms with van der Waals surface area (Å²) >= 11 is 11.9. The van der Waals surface area contributed by atoms with Gasteiger partial charge in [0.05, 0.1) is 5.56 Å². The maximum Gasteiger partial charge on any atom is 0.254 e. The molecule has 1 amide bonds. The number of carbonyl (C=O) groups is 1. The molecule has 2 N–H and O–H groups in total. The molecule has 3 rings (SSSR count). The third kappa shape index (κ3) is 4.89. The highest BCUT2D eigenvalue weighted by molar-refractivity contribution is 6.35. The van der Waals surface area contributed by atoms with Crippen LogP contribution >= 0.6 is 23.2 Å². The van der Waals surface area contributed by atoms with Crippen molar-refractivity contribution in [2.75, 3.05) is 5.32 Å². The molecule has 2 aromatic heterocycles. The monoisotopic (exact) mass is 373 g/mol. The Morgan fingerprint density at radius 1 is 1.04 bits per heavy atom. The van der Waals surface area contributed by atoms with Crippen molar-refractivity contribution >= 4 is 40.7 Å². The van der Waals surface area contributed by atoms with E-state index in [0.717, 1.165) is 5.56 Å². The van der Waals surface area contributed by atoms with Gasteiger partial charge in [-0.1, -0.05) is 29.3 Å². The number of hydrogen-bond acceptors (Lipinski definition) is 5. The Hall–Kier alpha value is -2.70. The second-order valence-corrected chi connectivity index (χ2v) is 6.00. The lowest BCUT2D eigenvalue weighted by atomic mass is 10.2. The number of halogens is 2. The summed E-state index contributed by atoms with van der Waals surface area (Å²) in [5, 5.41) is 6.77. The summed E-state index contributed by atoms with van der Waals surface area (Å²) in [6, 6.07) is 8.72. The molecule has 3 aromatic rings. The Kier molecular flexibility index (Phi) is 5.42. The molecule has 0 spiro atoms. The number of carbonyl (C=O) groups excluding carboxylic acids is 1. The minimum Gasteiger partial charge on any atom is -0.348 e. The molecule has 0 aliphatic rings. The predicted octanol–water partition coefficient (Wildman–Crippen LogP) is 3.85. The van der Waals surface area contributed by atoms with E-state index in [9.17, 15) is 4.79 Å². The number of pyridine rings is 1. The van der Waals surface area contributed by atoms with Gasteiger partial charge in [-0.2, -0.15) is 0 Å². The number of hydrogen-bond donors (Lipinski definition) is 2. The highest BCUT2D eigenvalue weighted by Gasteiger charge is 2.08. The first kappa shape index (κ1) is 17.1. The van der Waals surface area contributed by atoms with Gasteiger partial charge in [-0.15, -0.1) is 0 Å². The van der Waals surface area contributed by atoms with Crippen molar-refractivity contribution in [2.24, 2.45) is 0 Å². The molecule has 0 saturated carbocycles. The zero-order valence-corrected chi connectivity index (χ0v) is 14.4. The zero-order chi connectivity index (χ0) is 17.6. The van der Waals surface area contributed by atoms with E-state index in [1.54, 1.807) is 30.6 Å². The van der Waals surface area contributed by atoms with E-state index >= 15 is 0 Å². The molecule has 0 aliphatic heterocycles. The van der Waals surface area contributed by atoms with E-state index in [2.05, 4.69) is 25.6 Å². The first-order valence-corrected chi connectivity index (χ1v) is 8.08. The summed E-state index contributed by atoms with van der Waals surface area (Å²) < 4.78 is 0. The Morgan fingerprint density at radius 3 is 2.40 bits per heavy atom. The minimum absolute atomic E-state index is 0.263. The minimum atomic E-state index is -0.263. The number of nitrogens with one attached hydrogen (secondary N) is 2. The lowest BCUT2D eigenvalue weighted by molar-refractivity contribution is 0.0950. The number of aromatic nitrogens is 3. The van der Waals surface area contributed by atoms with Gasteiger partial charge < -0.3 is 10.6 Å². The van der Waals surface area contributed by atoms with E-state index < -0.39 is 0 Å². The molecule has 0 fully saturated rings. The highest BCUT2D eigenvalue weighted by Crippen LogP contribution is 2.24. The van der Waals surface area contributed by atoms with Crippen molar-refractivity contribution in [3.8, 4) is 0 Å². The molecular formula is C17H13Cl2N5O. The normalized spacial score (nSPS) is 10.3. The summed E-state index contributed by atoms with van der Waals surface area (Å²) in [5.74, 6) is 0.0725. The molecule has 1 aromatic carbocycles. The zero-order valence-electron chi connectivity index (χ0n) is 12.9. The standard InChI is InChI=1S/C17H13Cl2N5O/c18-13-4-14(19)6-15(5-13)24-17-22-9-12(10-23-17)16(25)21-8-11-2-1-3-20-7-11/h1-7,9-10H,8H2,(H,21,25)(H,22,23,24). The average Bonchev–Trinajstić information content (AvgIpc) is 2.60. The molecule has 6 nitrogen and oxygen atoms in total. The maximum absolute atomic E-state index is 12.1. The van der Waals surface area contributed by atoms with Crippen molar-refractivity contribution in [2.45, 2.75) is 6.54 Å². The van der Waals surface area contributed by atoms with Crippen LogP contribution in [0.25, 0.3) is 0 Å². The second-order valence-electron chi connectivity index (χ2n) is 5.12. The number of amides is 1. The van der Waals surface area contributed by atoms with Crippen LogP contribution in [0.3, 0.4) is 0 Å². The van der Waals surface area contributed by atoms with Gasteiger partial charge in [0.25, 0.3) is 5.91 Å². The topological polar surface area (TPSA) is 79.8 Å². The molecule has 8 heteroatoms. The first-order chi connectivity index (χ1) is 12.1. The lowest BCUT2D eigenvalue weighted by Gasteiger charge is -2.07. The van der Waals surface area contributed by atoms with Crippen molar-refractivity contribution < 1.29 is 4.79 Å². The van der Waals surface area contributed by atoms with E-state index in [1.807, 2.05) is 12.1 Å². The van der Waals surface area contributed by atoms with Crippen molar-refractivity contribution in [3.63, 3.8) is 0 Å². The van der Waals surface area contributed by atoms with Crippen LogP contribution in [0.5, 0.6) is 0 Å². The van der Waals surface area contributed by atoms with E-state index in [4.69, 9.17) is 23.2 Å². The third-order valence-corrected chi connectivity index (χ3v) is 3.65. The Morgan fingerprint density at radius 2 is 1.76 bits per heavy atom. The molecule has 0 radical (unpaired) electrons. The third-order valence-electron chi connectivity index (χ3n) is 3.21. The lowest BCUT2D eigenvalue weighted by Crippen LogP contribution is -2.23. The number of anilines is 2. The smallest absolute Gasteiger partial charge is 0.254 e. The van der Waals surface area contributed by atoms with Crippen LogP contribution in [0.4, 0.5) is 11.6 Å². The molecule has 2 heterocycles. The van der Waals surface area contributed by atoms with Gasteiger partial charge in [-0.05, 0) is 29.8 Å². The van der Waals surface area contributed by atoms with Crippen LogP contribution in [0.1, 0.15) is 15.9 Å². The summed E-state index contributed by atoms with van der Waals surface area (Å²) in [6.07, 6.45) is 6.26. The molecule has 0 bridgehead atoms. The number of rotatable bonds is 5. The van der Waals surface area contributed by atoms with Crippen LogP contribution in [-0.4, -0.2) is 20.9 Å². The fourth-order valence-corrected chi connectivity index (χ4v) is 2.58. The van der Waals surface area contributed by atoms with E-state index in [1.165, 1.54) is 12.4 Å². The summed E-state index contributed by atoms with van der Waals surface area (Å²) in [7, 11) is 0. The van der Waals surface area contributed by atoms with Crippen molar-refractivity contribution in [3.05, 3.63) is 76.3 Å². The van der Waals surface area contributed by atoms with Crippen LogP contribution < -0.4 is 10.6 Å². The molecule has 0 atom stereocenters. The fourth-order valence-electron chi connectivity index (χ4n) is 2.05. The van der Waals surface area contributed by atoms with Crippen LogP contribution in [0.15, 0.2) is 55.1 Å². The Balaban J connectivity index is 1.62. The van der Waals surface area contributed by atoms with E-state index in [-0.39, 0.29) is 5.91 Å². The molecule has 0 aliphatic carbocycles. The maximum atomic E-state index is 12.1. The number of nitrogens with zero attached hydrogens (tertiary/aromatic N) is 3. The second kappa shape index (κ2) is 7.92. The van der Waals surface area contributed by atoms with Gasteiger partial charge in [0.15, 0.2) is 0 Å². The summed E-state index contributed by atoms with van der Waals surface area (Å²) in [4.78, 5) is 24.4. The first-order valence-electron chi connectivity index (χ1n) is 7.32. The molecule has 0 unspecified atom stereocenters. The van der Waals surface area contributed by atoms with Crippen LogP contribution in [-0.2, 0) is 6.54 Å². The summed E-state index contributed by atoms with van der Waals surface area (Å²) in [5.41, 5.74) is 1.93. The predicted molar refractivity (Wildman–Crippen MR) is 97.2 cm³/mol. The van der Waals surface area contributed by atoms with Gasteiger partial charge >= 0.3 is 0 Å². The Bertz CT molecular complexity index is 852. The molecule has 126 valence electrons. The SMILES string of the molecule is O=C(NCc1cccnc1)c1cnc(Nc2cc(Cl)cc(Cl)c2)nc1. The molecule has 25 heavy (non-hydrogen) atoms. The van der Waals surface area contributed by atoms with Crippen molar-refractivity contribution in [1.82, 2.24) is 20.3 Å². The highest BCUT2D eigenvalue weighted by atomic mass is 35.5. The van der Waals surface area contributed by atoms with E-state index in [0.29, 0.717) is 33.8 Å². The summed E-state index contributed by atoms with van der Waals surface area (Å²) in [6.45, 7) is 0.383.